The highest BCUT2D eigenvalue weighted by atomic mass is 16.5. The maximum atomic E-state index is 14.0. The van der Waals surface area contributed by atoms with E-state index in [1.807, 2.05) is 66.7 Å². The molecule has 0 unspecified atom stereocenters. The SMILES string of the molecule is CCCCCCCCCCOc1cc(C(=O)Oc2ccc(NC(=O)c3cc(-c4cccc(N)c4)cc(-c4cccc(N)c4)c3)cc2)cc(OCCCCCCCCCC)c1OCCCCCCCCCC. The minimum atomic E-state index is -0.544. The number of nitrogens with two attached hydrogens (primary N) is 2. The number of amides is 1. The molecule has 9 heteroatoms. The monoisotopic (exact) mass is 968 g/mol. The van der Waals surface area contributed by atoms with Crippen molar-refractivity contribution in [1.29, 1.82) is 0 Å². The summed E-state index contributed by atoms with van der Waals surface area (Å²) in [5.41, 5.74) is 18.3. The van der Waals surface area contributed by atoms with E-state index in [2.05, 4.69) is 26.1 Å². The number of carbonyl (C=O) groups is 2. The molecule has 0 spiro atoms. The molecule has 384 valence electrons. The zero-order valence-corrected chi connectivity index (χ0v) is 43.5. The molecular weight excluding hydrogens is 883 g/mol. The zero-order chi connectivity index (χ0) is 50.3. The Morgan fingerprint density at radius 2 is 0.831 bits per heavy atom. The van der Waals surface area contributed by atoms with Crippen molar-refractivity contribution >= 4 is 28.9 Å². The average molecular weight is 968 g/mol. The number of hydrogen-bond acceptors (Lipinski definition) is 8. The molecule has 5 N–H and O–H groups in total. The molecule has 0 saturated heterocycles. The highest BCUT2D eigenvalue weighted by Gasteiger charge is 2.21. The van der Waals surface area contributed by atoms with Crippen molar-refractivity contribution in [2.75, 3.05) is 36.6 Å². The predicted octanol–water partition coefficient (Wildman–Crippen LogP) is 17.2. The minimum Gasteiger partial charge on any atom is -0.490 e. The number of esters is 1. The fraction of sp³-hybridized carbons (Fsp3) is 0.484. The van der Waals surface area contributed by atoms with Gasteiger partial charge in [-0.25, -0.2) is 4.79 Å². The van der Waals surface area contributed by atoms with Crippen LogP contribution in [0, 0.1) is 0 Å². The number of anilines is 3. The number of nitrogens with one attached hydrogen (secondary N) is 1. The third kappa shape index (κ3) is 20.7. The van der Waals surface area contributed by atoms with Crippen molar-refractivity contribution in [1.82, 2.24) is 0 Å². The molecule has 5 rings (SSSR count). The van der Waals surface area contributed by atoms with Crippen molar-refractivity contribution < 1.29 is 28.5 Å². The van der Waals surface area contributed by atoms with E-state index in [9.17, 15) is 9.59 Å². The van der Waals surface area contributed by atoms with Crippen LogP contribution in [0.5, 0.6) is 23.0 Å². The number of benzene rings is 5. The second-order valence-corrected chi connectivity index (χ2v) is 19.2. The Morgan fingerprint density at radius 3 is 1.25 bits per heavy atom. The summed E-state index contributed by atoms with van der Waals surface area (Å²) in [6.45, 7) is 8.32. The van der Waals surface area contributed by atoms with Gasteiger partial charge in [-0.05, 0) is 120 Å². The van der Waals surface area contributed by atoms with Crippen LogP contribution in [0.4, 0.5) is 17.1 Å². The summed E-state index contributed by atoms with van der Waals surface area (Å²) < 4.78 is 25.5. The van der Waals surface area contributed by atoms with Crippen LogP contribution in [0.2, 0.25) is 0 Å². The van der Waals surface area contributed by atoms with Gasteiger partial charge in [0.05, 0.1) is 25.4 Å². The standard InChI is InChI=1S/C62H85N3O6/c1-4-7-10-13-16-19-22-25-38-68-58-46-53(47-59(69-39-26-23-20-17-14-11-8-5-2)60(58)70-40-27-24-21-18-15-12-9-6-3)62(67)71-57-36-34-56(35-37-57)65-61(66)52-42-50(48-30-28-32-54(63)44-48)41-51(43-52)49-31-29-33-55(64)45-49/h28-37,41-47H,4-27,38-40,63-64H2,1-3H3,(H,65,66). The molecule has 0 saturated carbocycles. The number of carbonyl (C=O) groups excluding carboxylic acids is 2. The lowest BCUT2D eigenvalue weighted by Gasteiger charge is -2.19. The Hall–Kier alpha value is -5.96. The van der Waals surface area contributed by atoms with Crippen molar-refractivity contribution in [3.8, 4) is 45.3 Å². The van der Waals surface area contributed by atoms with Crippen LogP contribution in [-0.2, 0) is 0 Å². The van der Waals surface area contributed by atoms with Gasteiger partial charge in [0, 0.05) is 22.6 Å². The smallest absolute Gasteiger partial charge is 0.343 e. The summed E-state index contributed by atoms with van der Waals surface area (Å²) >= 11 is 0. The lowest BCUT2D eigenvalue weighted by molar-refractivity contribution is 0.0733. The number of unbranched alkanes of at least 4 members (excludes halogenated alkanes) is 21. The first-order valence-corrected chi connectivity index (χ1v) is 27.3. The molecule has 0 fully saturated rings. The second-order valence-electron chi connectivity index (χ2n) is 19.2. The molecule has 0 heterocycles. The maximum absolute atomic E-state index is 14.0. The van der Waals surface area contributed by atoms with Crippen LogP contribution in [0.25, 0.3) is 22.3 Å². The Labute approximate surface area is 426 Å². The summed E-state index contributed by atoms with van der Waals surface area (Å²) in [7, 11) is 0. The first kappa shape index (κ1) is 56.0. The summed E-state index contributed by atoms with van der Waals surface area (Å²) in [6.07, 6.45) is 28.7. The topological polar surface area (TPSA) is 135 Å². The van der Waals surface area contributed by atoms with E-state index in [1.165, 1.54) is 116 Å². The van der Waals surface area contributed by atoms with E-state index in [1.54, 1.807) is 36.4 Å². The first-order valence-electron chi connectivity index (χ1n) is 27.3. The number of rotatable bonds is 36. The highest BCUT2D eigenvalue weighted by molar-refractivity contribution is 6.06. The summed E-state index contributed by atoms with van der Waals surface area (Å²) in [5.74, 6) is 1.06. The number of nitrogen functional groups attached to an aromatic ring is 2. The van der Waals surface area contributed by atoms with E-state index in [0.717, 1.165) is 60.8 Å². The molecule has 9 nitrogen and oxygen atoms in total. The summed E-state index contributed by atoms with van der Waals surface area (Å²) in [4.78, 5) is 27.9. The molecule has 0 atom stereocenters. The Kier molecular flexibility index (Phi) is 25.9. The number of ether oxygens (including phenoxy) is 4. The van der Waals surface area contributed by atoms with Crippen LogP contribution in [0.15, 0.2) is 103 Å². The molecule has 0 aromatic heterocycles. The van der Waals surface area contributed by atoms with Gasteiger partial charge >= 0.3 is 5.97 Å². The fourth-order valence-electron chi connectivity index (χ4n) is 8.80. The lowest BCUT2D eigenvalue weighted by Crippen LogP contribution is -2.13. The molecule has 5 aromatic carbocycles. The van der Waals surface area contributed by atoms with Gasteiger partial charge < -0.3 is 35.7 Å². The molecule has 0 radical (unpaired) electrons. The van der Waals surface area contributed by atoms with Crippen molar-refractivity contribution in [3.63, 3.8) is 0 Å². The van der Waals surface area contributed by atoms with Gasteiger partial charge in [-0.3, -0.25) is 4.79 Å². The van der Waals surface area contributed by atoms with E-state index >= 15 is 0 Å². The van der Waals surface area contributed by atoms with E-state index < -0.39 is 5.97 Å². The van der Waals surface area contributed by atoms with Gasteiger partial charge in [0.25, 0.3) is 5.91 Å². The van der Waals surface area contributed by atoms with E-state index in [-0.39, 0.29) is 5.91 Å². The van der Waals surface area contributed by atoms with Gasteiger partial charge in [0.1, 0.15) is 5.75 Å². The average Bonchev–Trinajstić information content (AvgIpc) is 3.38. The van der Waals surface area contributed by atoms with Crippen LogP contribution in [-0.4, -0.2) is 31.7 Å². The lowest BCUT2D eigenvalue weighted by atomic mass is 9.95. The Bertz CT molecular complexity index is 2200. The molecule has 1 amide bonds. The van der Waals surface area contributed by atoms with E-state index in [0.29, 0.717) is 71.0 Å². The molecule has 0 aliphatic heterocycles. The van der Waals surface area contributed by atoms with Crippen LogP contribution < -0.4 is 35.7 Å². The van der Waals surface area contributed by atoms with E-state index in [4.69, 9.17) is 30.4 Å². The molecule has 71 heavy (non-hydrogen) atoms. The molecule has 0 aliphatic carbocycles. The minimum absolute atomic E-state index is 0.297. The van der Waals surface area contributed by atoms with Crippen molar-refractivity contribution in [2.45, 2.75) is 175 Å². The van der Waals surface area contributed by atoms with Crippen LogP contribution in [0.1, 0.15) is 196 Å². The summed E-state index contributed by atoms with van der Waals surface area (Å²) in [6, 6.07) is 31.2. The van der Waals surface area contributed by atoms with Gasteiger partial charge in [0.2, 0.25) is 5.75 Å². The van der Waals surface area contributed by atoms with Crippen LogP contribution in [0.3, 0.4) is 0 Å². The van der Waals surface area contributed by atoms with Gasteiger partial charge in [-0.2, -0.15) is 0 Å². The maximum Gasteiger partial charge on any atom is 0.343 e. The number of hydrogen-bond donors (Lipinski definition) is 3. The molecular formula is C62H85N3O6. The zero-order valence-electron chi connectivity index (χ0n) is 43.5. The second kappa shape index (κ2) is 32.8. The predicted molar refractivity (Wildman–Crippen MR) is 296 cm³/mol. The third-order valence-corrected chi connectivity index (χ3v) is 13.0. The fourth-order valence-corrected chi connectivity index (χ4v) is 8.80. The third-order valence-electron chi connectivity index (χ3n) is 13.0. The van der Waals surface area contributed by atoms with Crippen LogP contribution >= 0.6 is 0 Å². The van der Waals surface area contributed by atoms with Gasteiger partial charge in [-0.1, -0.05) is 180 Å². The van der Waals surface area contributed by atoms with Gasteiger partial charge in [0.15, 0.2) is 11.5 Å². The van der Waals surface area contributed by atoms with Crippen molar-refractivity contribution in [2.24, 2.45) is 0 Å². The summed E-state index contributed by atoms with van der Waals surface area (Å²) in [5, 5.41) is 3.02. The quantitative estimate of drug-likeness (QED) is 0.0156. The molecule has 0 bridgehead atoms. The largest absolute Gasteiger partial charge is 0.490 e. The highest BCUT2D eigenvalue weighted by Crippen LogP contribution is 2.40. The molecule has 0 aliphatic rings. The molecule has 5 aromatic rings. The van der Waals surface area contributed by atoms with Gasteiger partial charge in [-0.15, -0.1) is 0 Å². The van der Waals surface area contributed by atoms with Crippen molar-refractivity contribution in [3.05, 3.63) is 114 Å². The first-order chi connectivity index (χ1) is 34.8. The normalized spacial score (nSPS) is 11.1. The Balaban J connectivity index is 1.30. The Morgan fingerprint density at radius 1 is 0.423 bits per heavy atom.